The SMILES string of the molecule is CC(c1cccc(Cl)c1)N(C)C(=O)c1cc(N)ncc1Cl. The zero-order valence-electron chi connectivity index (χ0n) is 11.7. The van der Waals surface area contributed by atoms with Crippen LogP contribution in [0, 0.1) is 0 Å². The van der Waals surface area contributed by atoms with Crippen molar-refractivity contribution in [2.75, 3.05) is 12.8 Å². The maximum absolute atomic E-state index is 12.5. The number of benzene rings is 1. The van der Waals surface area contributed by atoms with Crippen molar-refractivity contribution >= 4 is 34.9 Å². The Hall–Kier alpha value is -1.78. The quantitative estimate of drug-likeness (QED) is 0.934. The first-order chi connectivity index (χ1) is 9.90. The van der Waals surface area contributed by atoms with E-state index in [4.69, 9.17) is 28.9 Å². The second-order valence-corrected chi connectivity index (χ2v) is 5.58. The maximum atomic E-state index is 12.5. The lowest BCUT2D eigenvalue weighted by atomic mass is 10.1. The summed E-state index contributed by atoms with van der Waals surface area (Å²) in [5.41, 5.74) is 6.89. The summed E-state index contributed by atoms with van der Waals surface area (Å²) in [7, 11) is 1.71. The molecule has 2 rings (SSSR count). The van der Waals surface area contributed by atoms with Crippen LogP contribution in [0.1, 0.15) is 28.9 Å². The number of aromatic nitrogens is 1. The molecule has 2 aromatic rings. The van der Waals surface area contributed by atoms with E-state index in [2.05, 4.69) is 4.98 Å². The molecular formula is C15H15Cl2N3O. The van der Waals surface area contributed by atoms with Crippen LogP contribution in [-0.4, -0.2) is 22.8 Å². The first-order valence-corrected chi connectivity index (χ1v) is 7.09. The fraction of sp³-hybridized carbons (Fsp3) is 0.200. The van der Waals surface area contributed by atoms with Crippen molar-refractivity contribution in [2.45, 2.75) is 13.0 Å². The van der Waals surface area contributed by atoms with E-state index >= 15 is 0 Å². The van der Waals surface area contributed by atoms with Crippen molar-refractivity contribution in [3.05, 3.63) is 57.7 Å². The summed E-state index contributed by atoms with van der Waals surface area (Å²) in [6.45, 7) is 1.92. The number of anilines is 1. The second kappa shape index (κ2) is 6.33. The van der Waals surface area contributed by atoms with Gasteiger partial charge < -0.3 is 10.6 Å². The van der Waals surface area contributed by atoms with Crippen molar-refractivity contribution in [1.29, 1.82) is 0 Å². The Kier molecular flexibility index (Phi) is 4.70. The Morgan fingerprint density at radius 1 is 1.33 bits per heavy atom. The summed E-state index contributed by atoms with van der Waals surface area (Å²) in [4.78, 5) is 18.0. The minimum atomic E-state index is -0.221. The van der Waals surface area contributed by atoms with Gasteiger partial charge in [0.2, 0.25) is 0 Å². The van der Waals surface area contributed by atoms with Crippen molar-refractivity contribution in [2.24, 2.45) is 0 Å². The van der Waals surface area contributed by atoms with E-state index in [9.17, 15) is 4.79 Å². The van der Waals surface area contributed by atoms with Gasteiger partial charge in [0.25, 0.3) is 5.91 Å². The van der Waals surface area contributed by atoms with E-state index in [0.717, 1.165) is 5.56 Å². The van der Waals surface area contributed by atoms with Crippen LogP contribution in [0.4, 0.5) is 5.82 Å². The maximum Gasteiger partial charge on any atom is 0.255 e. The smallest absolute Gasteiger partial charge is 0.255 e. The standard InChI is InChI=1S/C15H15Cl2N3O/c1-9(10-4-3-5-11(16)6-10)20(2)15(21)12-7-14(18)19-8-13(12)17/h3-9H,1-2H3,(H2,18,19). The topological polar surface area (TPSA) is 59.2 Å². The average molecular weight is 324 g/mol. The summed E-state index contributed by atoms with van der Waals surface area (Å²) < 4.78 is 0. The van der Waals surface area contributed by atoms with Crippen LogP contribution in [0.15, 0.2) is 36.5 Å². The number of hydrogen-bond donors (Lipinski definition) is 1. The van der Waals surface area contributed by atoms with Gasteiger partial charge in [0, 0.05) is 18.3 Å². The molecule has 0 aliphatic heterocycles. The van der Waals surface area contributed by atoms with E-state index < -0.39 is 0 Å². The van der Waals surface area contributed by atoms with Gasteiger partial charge in [-0.1, -0.05) is 35.3 Å². The molecule has 2 N–H and O–H groups in total. The molecule has 0 saturated carbocycles. The van der Waals surface area contributed by atoms with E-state index in [-0.39, 0.29) is 22.8 Å². The molecule has 0 spiro atoms. The summed E-state index contributed by atoms with van der Waals surface area (Å²) in [6.07, 6.45) is 1.38. The van der Waals surface area contributed by atoms with Crippen LogP contribution in [0.25, 0.3) is 0 Å². The van der Waals surface area contributed by atoms with Crippen molar-refractivity contribution in [3.8, 4) is 0 Å². The van der Waals surface area contributed by atoms with Gasteiger partial charge in [-0.15, -0.1) is 0 Å². The molecule has 0 aliphatic carbocycles. The molecule has 1 atom stereocenters. The normalized spacial score (nSPS) is 12.0. The van der Waals surface area contributed by atoms with Crippen LogP contribution in [0.2, 0.25) is 10.0 Å². The Morgan fingerprint density at radius 3 is 2.71 bits per heavy atom. The van der Waals surface area contributed by atoms with Crippen molar-refractivity contribution in [1.82, 2.24) is 9.88 Å². The number of amides is 1. The number of pyridine rings is 1. The van der Waals surface area contributed by atoms with Crippen molar-refractivity contribution < 1.29 is 4.79 Å². The predicted molar refractivity (Wildman–Crippen MR) is 85.6 cm³/mol. The molecule has 6 heteroatoms. The molecule has 0 fully saturated rings. The number of nitrogens with zero attached hydrogens (tertiary/aromatic N) is 2. The fourth-order valence-corrected chi connectivity index (χ4v) is 2.36. The van der Waals surface area contributed by atoms with E-state index in [1.165, 1.54) is 12.3 Å². The van der Waals surface area contributed by atoms with Gasteiger partial charge in [0.1, 0.15) is 5.82 Å². The number of carbonyl (C=O) groups excluding carboxylic acids is 1. The van der Waals surface area contributed by atoms with Crippen LogP contribution in [-0.2, 0) is 0 Å². The monoisotopic (exact) mass is 323 g/mol. The molecule has 0 saturated heterocycles. The van der Waals surface area contributed by atoms with Gasteiger partial charge in [-0.3, -0.25) is 4.79 Å². The number of nitrogen functional groups attached to an aromatic ring is 1. The number of rotatable bonds is 3. The summed E-state index contributed by atoms with van der Waals surface area (Å²) in [6, 6.07) is 8.72. The van der Waals surface area contributed by atoms with E-state index in [0.29, 0.717) is 10.6 Å². The lowest BCUT2D eigenvalue weighted by Crippen LogP contribution is -2.30. The lowest BCUT2D eigenvalue weighted by Gasteiger charge is -2.26. The highest BCUT2D eigenvalue weighted by Gasteiger charge is 2.21. The molecular weight excluding hydrogens is 309 g/mol. The van der Waals surface area contributed by atoms with Crippen LogP contribution in [0.5, 0.6) is 0 Å². The zero-order chi connectivity index (χ0) is 15.6. The fourth-order valence-electron chi connectivity index (χ4n) is 1.97. The zero-order valence-corrected chi connectivity index (χ0v) is 13.2. The molecule has 21 heavy (non-hydrogen) atoms. The number of carbonyl (C=O) groups is 1. The van der Waals surface area contributed by atoms with Crippen LogP contribution < -0.4 is 5.73 Å². The molecule has 0 radical (unpaired) electrons. The van der Waals surface area contributed by atoms with Gasteiger partial charge in [-0.25, -0.2) is 4.98 Å². The van der Waals surface area contributed by atoms with Gasteiger partial charge >= 0.3 is 0 Å². The van der Waals surface area contributed by atoms with Gasteiger partial charge in [-0.2, -0.15) is 0 Å². The largest absolute Gasteiger partial charge is 0.384 e. The molecule has 4 nitrogen and oxygen atoms in total. The Morgan fingerprint density at radius 2 is 2.05 bits per heavy atom. The number of hydrogen-bond acceptors (Lipinski definition) is 3. The summed E-state index contributed by atoms with van der Waals surface area (Å²) >= 11 is 12.0. The molecule has 1 unspecified atom stereocenters. The highest BCUT2D eigenvalue weighted by molar-refractivity contribution is 6.33. The number of halogens is 2. The molecule has 1 amide bonds. The van der Waals surface area contributed by atoms with E-state index in [1.807, 2.05) is 25.1 Å². The summed E-state index contributed by atoms with van der Waals surface area (Å²) in [5, 5.41) is 0.908. The Labute approximate surface area is 133 Å². The van der Waals surface area contributed by atoms with Crippen molar-refractivity contribution in [3.63, 3.8) is 0 Å². The average Bonchev–Trinajstić information content (AvgIpc) is 2.47. The minimum Gasteiger partial charge on any atom is -0.384 e. The third-order valence-corrected chi connectivity index (χ3v) is 3.88. The van der Waals surface area contributed by atoms with Crippen LogP contribution in [0.3, 0.4) is 0 Å². The first-order valence-electron chi connectivity index (χ1n) is 6.34. The molecule has 110 valence electrons. The van der Waals surface area contributed by atoms with Gasteiger partial charge in [0.15, 0.2) is 0 Å². The minimum absolute atomic E-state index is 0.151. The van der Waals surface area contributed by atoms with Crippen LogP contribution >= 0.6 is 23.2 Å². The molecule has 0 bridgehead atoms. The molecule has 1 aromatic heterocycles. The Bertz CT molecular complexity index is 676. The second-order valence-electron chi connectivity index (χ2n) is 4.74. The predicted octanol–water partition coefficient (Wildman–Crippen LogP) is 3.80. The summed E-state index contributed by atoms with van der Waals surface area (Å²) in [5.74, 6) is 0.0353. The lowest BCUT2D eigenvalue weighted by molar-refractivity contribution is 0.0743. The highest BCUT2D eigenvalue weighted by Crippen LogP contribution is 2.25. The Balaban J connectivity index is 2.28. The third-order valence-electron chi connectivity index (χ3n) is 3.34. The van der Waals surface area contributed by atoms with Gasteiger partial charge in [0.05, 0.1) is 16.6 Å². The third kappa shape index (κ3) is 3.46. The molecule has 1 heterocycles. The van der Waals surface area contributed by atoms with E-state index in [1.54, 1.807) is 18.0 Å². The highest BCUT2D eigenvalue weighted by atomic mass is 35.5. The molecule has 0 aliphatic rings. The van der Waals surface area contributed by atoms with Gasteiger partial charge in [-0.05, 0) is 30.7 Å². The first kappa shape index (κ1) is 15.6. The molecule has 1 aromatic carbocycles. The number of nitrogens with two attached hydrogens (primary N) is 1.